The fourth-order valence-electron chi connectivity index (χ4n) is 6.74. The van der Waals surface area contributed by atoms with Crippen molar-refractivity contribution in [3.63, 3.8) is 0 Å². The summed E-state index contributed by atoms with van der Waals surface area (Å²) in [5, 5.41) is 0. The van der Waals surface area contributed by atoms with Crippen LogP contribution in [0.25, 0.3) is 0 Å². The van der Waals surface area contributed by atoms with E-state index in [1.807, 2.05) is 0 Å². The third-order valence-electron chi connectivity index (χ3n) is 10.3. The van der Waals surface area contributed by atoms with Crippen LogP contribution in [0.4, 0.5) is 4.79 Å². The van der Waals surface area contributed by atoms with E-state index in [4.69, 9.17) is 0 Å². The number of rotatable bonds is 28. The lowest BCUT2D eigenvalue weighted by molar-refractivity contribution is -0.903. The quantitative estimate of drug-likeness (QED) is 0.0291. The van der Waals surface area contributed by atoms with Crippen LogP contribution in [0, 0.1) is 0 Å². The van der Waals surface area contributed by atoms with Crippen molar-refractivity contribution in [2.45, 2.75) is 178 Å². The van der Waals surface area contributed by atoms with Gasteiger partial charge in [-0.15, -0.1) is 0 Å². The lowest BCUT2D eigenvalue weighted by Crippen LogP contribution is -3.00. The Hall–Kier alpha value is -0.190. The molecule has 1 heterocycles. The van der Waals surface area contributed by atoms with Crippen LogP contribution in [0.3, 0.4) is 0 Å². The van der Waals surface area contributed by atoms with Crippen molar-refractivity contribution < 1.29 is 47.9 Å². The monoisotopic (exact) mass is 986 g/mol. The first kappa shape index (κ1) is 59.1. The van der Waals surface area contributed by atoms with Crippen LogP contribution in [0.5, 0.6) is 0 Å². The van der Waals surface area contributed by atoms with E-state index in [1.165, 1.54) is 192 Å². The highest BCUT2D eigenvalue weighted by atomic mass is 79.9. The summed E-state index contributed by atoms with van der Waals surface area (Å²) in [6.07, 6.45) is 34.6. The second kappa shape index (κ2) is 35.7. The van der Waals surface area contributed by atoms with Gasteiger partial charge < -0.3 is 38.4 Å². The topological polar surface area (TPSA) is 40.6 Å². The van der Waals surface area contributed by atoms with E-state index in [9.17, 15) is 9.59 Å². The first-order chi connectivity index (χ1) is 25.1. The van der Waals surface area contributed by atoms with E-state index in [1.54, 1.807) is 0 Å². The number of hydrogen-bond donors (Lipinski definition) is 0. The molecule has 0 atom stereocenters. The van der Waals surface area contributed by atoms with Crippen molar-refractivity contribution in [3.8, 4) is 0 Å². The summed E-state index contributed by atoms with van der Waals surface area (Å²) in [7, 11) is 14.6. The third kappa shape index (κ3) is 32.4. The largest absolute Gasteiger partial charge is 1.00 e. The SMILES string of the molecule is CCCCCCCCCCCCCCCC[N+](C)(C)C.CCCCCCCCCCCC[N+](C)(C)Cc1ccccc1.CN1C(=O)N(C)C(Br)(Br)C1=O.[Br-].[Cl-]. The van der Waals surface area contributed by atoms with E-state index in [0.29, 0.717) is 0 Å². The van der Waals surface area contributed by atoms with Crippen LogP contribution in [0.1, 0.15) is 174 Å². The summed E-state index contributed by atoms with van der Waals surface area (Å²) in [5.41, 5.74) is 1.46. The minimum atomic E-state index is -1.05. The molecule has 0 radical (unpaired) electrons. The van der Waals surface area contributed by atoms with Gasteiger partial charge in [0.25, 0.3) is 5.91 Å². The van der Waals surface area contributed by atoms with Gasteiger partial charge in [-0.1, -0.05) is 173 Å². The van der Waals surface area contributed by atoms with E-state index in [-0.39, 0.29) is 41.3 Å². The average Bonchev–Trinajstić information content (AvgIpc) is 3.23. The number of unbranched alkanes of at least 4 members (excludes halogenated alkanes) is 22. The van der Waals surface area contributed by atoms with E-state index in [0.717, 1.165) is 20.4 Å². The zero-order valence-corrected chi connectivity index (χ0v) is 42.6. The lowest BCUT2D eigenvalue weighted by Gasteiger charge is -2.30. The molecule has 1 aromatic rings. The van der Waals surface area contributed by atoms with Gasteiger partial charge in [0, 0.05) is 19.7 Å². The molecule has 0 bridgehead atoms. The van der Waals surface area contributed by atoms with Gasteiger partial charge in [-0.25, -0.2) is 4.79 Å². The Balaban J connectivity index is -0.000000759. The predicted molar refractivity (Wildman–Crippen MR) is 239 cm³/mol. The molecule has 0 aliphatic carbocycles. The number of nitrogens with zero attached hydrogens (tertiary/aromatic N) is 4. The Morgan fingerprint density at radius 1 is 0.545 bits per heavy atom. The van der Waals surface area contributed by atoms with E-state index >= 15 is 0 Å². The van der Waals surface area contributed by atoms with Crippen molar-refractivity contribution in [2.75, 3.05) is 62.4 Å². The van der Waals surface area contributed by atoms with Crippen LogP contribution in [-0.2, 0) is 11.3 Å². The second-order valence-corrected chi connectivity index (χ2v) is 20.7. The van der Waals surface area contributed by atoms with Crippen LogP contribution in [0.2, 0.25) is 0 Å². The van der Waals surface area contributed by atoms with Crippen molar-refractivity contribution in [1.82, 2.24) is 9.80 Å². The molecule has 3 amide bonds. The van der Waals surface area contributed by atoms with Gasteiger partial charge in [-0.3, -0.25) is 14.6 Å². The Kier molecular flexibility index (Phi) is 38.4. The highest BCUT2D eigenvalue weighted by Crippen LogP contribution is 2.37. The zero-order chi connectivity index (χ0) is 40.0. The van der Waals surface area contributed by atoms with Crippen molar-refractivity contribution in [1.29, 1.82) is 0 Å². The first-order valence-corrected chi connectivity index (χ1v) is 23.3. The van der Waals surface area contributed by atoms with E-state index < -0.39 is 3.36 Å². The lowest BCUT2D eigenvalue weighted by atomic mass is 10.0. The number of alkyl halides is 2. The molecule has 1 saturated heterocycles. The van der Waals surface area contributed by atoms with E-state index in [2.05, 4.69) is 111 Å². The summed E-state index contributed by atoms with van der Waals surface area (Å²) >= 11 is 6.17. The number of hydrogen-bond acceptors (Lipinski definition) is 2. The van der Waals surface area contributed by atoms with Crippen LogP contribution < -0.4 is 29.4 Å². The molecule has 0 unspecified atom stereocenters. The minimum Gasteiger partial charge on any atom is -1.00 e. The number of halogens is 4. The average molecular weight is 990 g/mol. The number of quaternary nitrogens is 2. The molecular weight excluding hydrogens is 904 g/mol. The Labute approximate surface area is 375 Å². The number of likely N-dealkylation sites (N-methyl/N-ethyl adjacent to an activating group) is 2. The second-order valence-electron chi connectivity index (χ2n) is 17.3. The Bertz CT molecular complexity index is 1040. The number of amides is 3. The predicted octanol–water partition coefficient (Wildman–Crippen LogP) is 7.32. The maximum Gasteiger partial charge on any atom is 0.328 e. The van der Waals surface area contributed by atoms with Gasteiger partial charge >= 0.3 is 6.03 Å². The fraction of sp³-hybridized carbons (Fsp3) is 0.822. The molecule has 0 aromatic heterocycles. The zero-order valence-electron chi connectivity index (χ0n) is 37.1. The number of carbonyl (C=O) groups excluding carboxylic acids is 2. The molecule has 10 heteroatoms. The standard InChI is InChI=1S/C21H38N.C19H42N.C5H6Br2N2O2.BrH.ClH/c1-4-5-6-7-8-9-10-11-12-16-19-22(2,3)20-21-17-14-13-15-18-21;1-5-6-7-8-9-10-11-12-13-14-15-16-17-18-19-20(2,3)4;1-8-3(10)5(6,7)9(2)4(8)11;;/h13-15,17-18H,4-12,16,19-20H2,1-3H3;5-19H2,1-4H3;1-2H3;2*1H/q2*+1;;;/p-2. The van der Waals surface area contributed by atoms with Gasteiger partial charge in [-0.2, -0.15) is 0 Å². The number of urea groups is 1. The summed E-state index contributed by atoms with van der Waals surface area (Å²) in [4.78, 5) is 24.6. The summed E-state index contributed by atoms with van der Waals surface area (Å²) in [6, 6.07) is 10.6. The molecular formula is C45H86Br3ClN4O2. The van der Waals surface area contributed by atoms with Gasteiger partial charge in [0.05, 0.1) is 48.3 Å². The van der Waals surface area contributed by atoms with Crippen molar-refractivity contribution in [2.24, 2.45) is 0 Å². The number of carbonyl (C=O) groups is 2. The molecule has 6 nitrogen and oxygen atoms in total. The molecule has 55 heavy (non-hydrogen) atoms. The molecule has 0 spiro atoms. The number of benzene rings is 1. The van der Waals surface area contributed by atoms with Gasteiger partial charge in [-0.05, 0) is 57.5 Å². The Morgan fingerprint density at radius 3 is 1.15 bits per heavy atom. The summed E-state index contributed by atoms with van der Waals surface area (Å²) in [6.45, 7) is 8.36. The maximum absolute atomic E-state index is 11.2. The van der Waals surface area contributed by atoms with Gasteiger partial charge in [0.2, 0.25) is 3.36 Å². The summed E-state index contributed by atoms with van der Waals surface area (Å²) < 4.78 is 1.19. The van der Waals surface area contributed by atoms with Crippen molar-refractivity contribution >= 4 is 43.8 Å². The Morgan fingerprint density at radius 2 is 0.873 bits per heavy atom. The first-order valence-electron chi connectivity index (χ1n) is 21.7. The molecule has 0 saturated carbocycles. The number of imide groups is 1. The molecule has 326 valence electrons. The normalized spacial score (nSPS) is 13.7. The highest BCUT2D eigenvalue weighted by Gasteiger charge is 2.51. The van der Waals surface area contributed by atoms with Gasteiger partial charge in [0.1, 0.15) is 6.54 Å². The molecule has 1 aliphatic heterocycles. The molecule has 1 fully saturated rings. The fourth-order valence-corrected chi connectivity index (χ4v) is 7.58. The minimum absolute atomic E-state index is 0. The van der Waals surface area contributed by atoms with Crippen LogP contribution in [0.15, 0.2) is 30.3 Å². The van der Waals surface area contributed by atoms with Crippen LogP contribution >= 0.6 is 31.9 Å². The highest BCUT2D eigenvalue weighted by molar-refractivity contribution is 9.25. The molecule has 0 N–H and O–H groups in total. The third-order valence-corrected chi connectivity index (χ3v) is 12.1. The maximum atomic E-state index is 11.2. The van der Waals surface area contributed by atoms with Gasteiger partial charge in [0.15, 0.2) is 0 Å². The summed E-state index contributed by atoms with van der Waals surface area (Å²) in [5.74, 6) is -0.315. The molecule has 2 rings (SSSR count). The van der Waals surface area contributed by atoms with Crippen LogP contribution in [-0.4, -0.2) is 96.5 Å². The molecule has 1 aromatic carbocycles. The van der Waals surface area contributed by atoms with Crippen molar-refractivity contribution in [3.05, 3.63) is 35.9 Å². The smallest absolute Gasteiger partial charge is 0.328 e. The molecule has 1 aliphatic rings.